The maximum Gasteiger partial charge on any atom is 0.0630 e. The fourth-order valence-electron chi connectivity index (χ4n) is 5.22. The molecule has 2 fully saturated rings. The van der Waals surface area contributed by atoms with Gasteiger partial charge in [-0.05, 0) is 61.2 Å². The molecule has 0 bridgehead atoms. The Kier molecular flexibility index (Phi) is 7.41. The van der Waals surface area contributed by atoms with E-state index in [2.05, 4.69) is 20.8 Å². The van der Waals surface area contributed by atoms with Crippen LogP contribution < -0.4 is 0 Å². The molecule has 0 aliphatic heterocycles. The molecule has 0 saturated heterocycles. The van der Waals surface area contributed by atoms with Crippen molar-refractivity contribution in [2.24, 2.45) is 29.1 Å². The van der Waals surface area contributed by atoms with Crippen molar-refractivity contribution < 1.29 is 9.47 Å². The largest absolute Gasteiger partial charge is 0.384 e. The molecule has 2 rings (SSSR count). The highest BCUT2D eigenvalue weighted by Crippen LogP contribution is 2.56. The maximum absolute atomic E-state index is 6.13. The van der Waals surface area contributed by atoms with Gasteiger partial charge in [0.25, 0.3) is 0 Å². The number of ether oxygens (including phenoxy) is 2. The van der Waals surface area contributed by atoms with Crippen LogP contribution in [0.15, 0.2) is 0 Å². The summed E-state index contributed by atoms with van der Waals surface area (Å²) >= 11 is 0. The molecular formula is C21H39O2. The van der Waals surface area contributed by atoms with Crippen molar-refractivity contribution in [3.63, 3.8) is 0 Å². The van der Waals surface area contributed by atoms with Crippen molar-refractivity contribution in [1.82, 2.24) is 0 Å². The lowest BCUT2D eigenvalue weighted by Gasteiger charge is -2.55. The highest BCUT2D eigenvalue weighted by atomic mass is 16.5. The van der Waals surface area contributed by atoms with Crippen LogP contribution in [0.5, 0.6) is 0 Å². The molecule has 4 atom stereocenters. The SMILES string of the molecule is [CH2]CC(C1CCC1)C(C)(C1CCC1)C(CCC(C)COC)OC. The summed E-state index contributed by atoms with van der Waals surface area (Å²) in [7, 11) is 3.74. The van der Waals surface area contributed by atoms with Gasteiger partial charge in [-0.2, -0.15) is 0 Å². The van der Waals surface area contributed by atoms with Gasteiger partial charge in [0.05, 0.1) is 6.10 Å². The van der Waals surface area contributed by atoms with Crippen LogP contribution in [0.2, 0.25) is 0 Å². The predicted molar refractivity (Wildman–Crippen MR) is 97.3 cm³/mol. The van der Waals surface area contributed by atoms with Gasteiger partial charge in [0, 0.05) is 20.8 Å². The van der Waals surface area contributed by atoms with Gasteiger partial charge < -0.3 is 9.47 Å². The molecule has 0 aromatic heterocycles. The van der Waals surface area contributed by atoms with Crippen LogP contribution in [0.3, 0.4) is 0 Å². The van der Waals surface area contributed by atoms with E-state index in [-0.39, 0.29) is 0 Å². The van der Waals surface area contributed by atoms with E-state index in [4.69, 9.17) is 9.47 Å². The molecule has 2 aliphatic rings. The lowest BCUT2D eigenvalue weighted by atomic mass is 9.51. The van der Waals surface area contributed by atoms with Gasteiger partial charge in [-0.15, -0.1) is 0 Å². The molecule has 2 saturated carbocycles. The number of rotatable bonds is 11. The van der Waals surface area contributed by atoms with E-state index >= 15 is 0 Å². The van der Waals surface area contributed by atoms with E-state index in [1.165, 1.54) is 44.9 Å². The molecule has 0 N–H and O–H groups in total. The molecule has 23 heavy (non-hydrogen) atoms. The second-order valence-corrected chi connectivity index (χ2v) is 8.44. The molecule has 2 nitrogen and oxygen atoms in total. The third kappa shape index (κ3) is 4.12. The maximum atomic E-state index is 6.13. The smallest absolute Gasteiger partial charge is 0.0630 e. The van der Waals surface area contributed by atoms with Crippen LogP contribution in [0.1, 0.15) is 71.6 Å². The fraction of sp³-hybridized carbons (Fsp3) is 0.952. The lowest BCUT2D eigenvalue weighted by molar-refractivity contribution is -0.123. The van der Waals surface area contributed by atoms with Gasteiger partial charge in [0.15, 0.2) is 0 Å². The summed E-state index contributed by atoms with van der Waals surface area (Å²) in [4.78, 5) is 0. The second kappa shape index (κ2) is 8.85. The Hall–Kier alpha value is -0.0800. The van der Waals surface area contributed by atoms with E-state index in [1.807, 2.05) is 7.11 Å². The first-order chi connectivity index (χ1) is 11.1. The van der Waals surface area contributed by atoms with Gasteiger partial charge in [0.1, 0.15) is 0 Å². The summed E-state index contributed by atoms with van der Waals surface area (Å²) < 4.78 is 11.5. The molecule has 0 aromatic carbocycles. The van der Waals surface area contributed by atoms with Gasteiger partial charge in [-0.3, -0.25) is 0 Å². The van der Waals surface area contributed by atoms with Crippen molar-refractivity contribution in [1.29, 1.82) is 0 Å². The van der Waals surface area contributed by atoms with Crippen molar-refractivity contribution in [3.8, 4) is 0 Å². The van der Waals surface area contributed by atoms with E-state index in [9.17, 15) is 0 Å². The second-order valence-electron chi connectivity index (χ2n) is 8.44. The quantitative estimate of drug-likeness (QED) is 0.499. The minimum Gasteiger partial charge on any atom is -0.384 e. The van der Waals surface area contributed by atoms with E-state index in [0.29, 0.717) is 17.4 Å². The summed E-state index contributed by atoms with van der Waals surface area (Å²) in [6.07, 6.45) is 12.3. The first-order valence-electron chi connectivity index (χ1n) is 9.88. The Bertz CT molecular complexity index is 335. The average Bonchev–Trinajstić information content (AvgIpc) is 2.41. The zero-order chi connectivity index (χ0) is 16.9. The fourth-order valence-corrected chi connectivity index (χ4v) is 5.22. The molecule has 2 heteroatoms. The van der Waals surface area contributed by atoms with E-state index in [1.54, 1.807) is 7.11 Å². The standard InChI is InChI=1S/C21H39O2/c1-6-19(17-9-7-10-17)21(3,18-11-8-12-18)20(23-5)14-13-16(2)15-22-4/h16-20H,1,6-15H2,2-5H3. The van der Waals surface area contributed by atoms with E-state index < -0.39 is 0 Å². The monoisotopic (exact) mass is 323 g/mol. The Morgan fingerprint density at radius 3 is 2.13 bits per heavy atom. The summed E-state index contributed by atoms with van der Waals surface area (Å²) in [5.41, 5.74) is 0.312. The van der Waals surface area contributed by atoms with Crippen LogP contribution in [-0.4, -0.2) is 26.9 Å². The summed E-state index contributed by atoms with van der Waals surface area (Å²) in [6.45, 7) is 10.1. The molecule has 0 spiro atoms. The van der Waals surface area contributed by atoms with Crippen LogP contribution in [-0.2, 0) is 9.47 Å². The van der Waals surface area contributed by atoms with Gasteiger partial charge in [0.2, 0.25) is 0 Å². The molecular weight excluding hydrogens is 284 g/mol. The molecule has 1 radical (unpaired) electrons. The van der Waals surface area contributed by atoms with Crippen LogP contribution in [0, 0.1) is 36.0 Å². The van der Waals surface area contributed by atoms with E-state index in [0.717, 1.165) is 37.2 Å². The molecule has 0 amide bonds. The van der Waals surface area contributed by atoms with Crippen LogP contribution >= 0.6 is 0 Å². The summed E-state index contributed by atoms with van der Waals surface area (Å²) in [5, 5.41) is 0. The van der Waals surface area contributed by atoms with Gasteiger partial charge >= 0.3 is 0 Å². The third-order valence-corrected chi connectivity index (χ3v) is 7.16. The highest BCUT2D eigenvalue weighted by Gasteiger charge is 2.51. The first-order valence-corrected chi connectivity index (χ1v) is 9.88. The predicted octanol–water partition coefficient (Wildman–Crippen LogP) is 5.51. The van der Waals surface area contributed by atoms with Crippen molar-refractivity contribution >= 4 is 0 Å². The molecule has 135 valence electrons. The van der Waals surface area contributed by atoms with Gasteiger partial charge in [-0.25, -0.2) is 0 Å². The first kappa shape index (κ1) is 19.2. The Labute approximate surface area is 144 Å². The number of hydrogen-bond donors (Lipinski definition) is 0. The van der Waals surface area contributed by atoms with Gasteiger partial charge in [-0.1, -0.05) is 46.5 Å². The normalized spacial score (nSPS) is 26.0. The minimum absolute atomic E-state index is 0.312. The Balaban J connectivity index is 2.10. The van der Waals surface area contributed by atoms with Crippen molar-refractivity contribution in [2.75, 3.05) is 20.8 Å². The topological polar surface area (TPSA) is 18.5 Å². The Morgan fingerprint density at radius 2 is 1.74 bits per heavy atom. The summed E-state index contributed by atoms with van der Waals surface area (Å²) in [5.74, 6) is 3.10. The van der Waals surface area contributed by atoms with Crippen LogP contribution in [0.25, 0.3) is 0 Å². The number of methoxy groups -OCH3 is 2. The summed E-state index contributed by atoms with van der Waals surface area (Å²) in [6, 6.07) is 0. The third-order valence-electron chi connectivity index (χ3n) is 7.16. The van der Waals surface area contributed by atoms with Crippen LogP contribution in [0.4, 0.5) is 0 Å². The molecule has 4 unspecified atom stereocenters. The lowest BCUT2D eigenvalue weighted by Crippen LogP contribution is -2.51. The molecule has 0 heterocycles. The average molecular weight is 324 g/mol. The number of hydrogen-bond acceptors (Lipinski definition) is 2. The minimum atomic E-state index is 0.312. The molecule has 2 aliphatic carbocycles. The zero-order valence-electron chi connectivity index (χ0n) is 16.0. The van der Waals surface area contributed by atoms with Crippen molar-refractivity contribution in [2.45, 2.75) is 77.7 Å². The van der Waals surface area contributed by atoms with Crippen molar-refractivity contribution in [3.05, 3.63) is 6.92 Å². The zero-order valence-corrected chi connectivity index (χ0v) is 16.0. The highest BCUT2D eigenvalue weighted by molar-refractivity contribution is 5.01. The molecule has 0 aromatic rings. The Morgan fingerprint density at radius 1 is 1.09 bits per heavy atom.